The Labute approximate surface area is 192 Å². The number of benzene rings is 1. The number of rotatable bonds is 14. The molecule has 8 nitrogen and oxygen atoms in total. The average molecular weight is 472 g/mol. The van der Waals surface area contributed by atoms with Crippen LogP contribution in [0.25, 0.3) is 0 Å². The fourth-order valence-electron chi connectivity index (χ4n) is 3.39. The molecule has 0 spiro atoms. The van der Waals surface area contributed by atoms with Crippen molar-refractivity contribution in [3.05, 3.63) is 23.8 Å². The summed E-state index contributed by atoms with van der Waals surface area (Å²) in [7, 11) is -0.676. The first kappa shape index (κ1) is 27.9. The summed E-state index contributed by atoms with van der Waals surface area (Å²) in [6.45, 7) is 7.50. The quantitative estimate of drug-likeness (QED) is 0.352. The minimum atomic E-state index is -2.22. The van der Waals surface area contributed by atoms with Gasteiger partial charge in [-0.2, -0.15) is 8.42 Å². The third-order valence-corrected chi connectivity index (χ3v) is 6.52. The molecular formula is C23H37NO7S. The lowest BCUT2D eigenvalue weighted by atomic mass is 9.82. The van der Waals surface area contributed by atoms with Crippen LogP contribution in [0, 0.1) is 17.8 Å². The van der Waals surface area contributed by atoms with Crippen molar-refractivity contribution < 1.29 is 32.9 Å². The molecule has 0 aliphatic rings. The Bertz CT molecular complexity index is 874. The molecule has 9 heteroatoms. The Kier molecular flexibility index (Phi) is 11.7. The maximum atomic E-state index is 11.1. The molecule has 4 N–H and O–H groups in total. The maximum absolute atomic E-state index is 11.1. The first-order valence-corrected chi connectivity index (χ1v) is 11.9. The summed E-state index contributed by atoms with van der Waals surface area (Å²) in [6, 6.07) is 5.11. The number of hydrogen-bond donors (Lipinski definition) is 3. The SMILES string of the molecule is COc1ccc(C[C@@H](C[C@H](N)[C@@H](O)C[C@@H](C)C(=O)O)C(C)C)cc1OCCC(C)=S(=O)=O. The van der Waals surface area contributed by atoms with Crippen molar-refractivity contribution in [2.45, 2.75) is 65.5 Å². The average Bonchev–Trinajstić information content (AvgIpc) is 2.72. The zero-order chi connectivity index (χ0) is 24.4. The molecule has 0 bridgehead atoms. The highest BCUT2D eigenvalue weighted by molar-refractivity contribution is 7.72. The normalized spacial score (nSPS) is 15.0. The molecule has 182 valence electrons. The van der Waals surface area contributed by atoms with Gasteiger partial charge in [0.15, 0.2) is 11.5 Å². The van der Waals surface area contributed by atoms with E-state index in [1.54, 1.807) is 21.0 Å². The van der Waals surface area contributed by atoms with Crippen LogP contribution in [0.2, 0.25) is 0 Å². The second-order valence-corrected chi connectivity index (χ2v) is 9.84. The summed E-state index contributed by atoms with van der Waals surface area (Å²) >= 11 is 0. The van der Waals surface area contributed by atoms with Gasteiger partial charge in [0.05, 0.1) is 25.7 Å². The smallest absolute Gasteiger partial charge is 0.306 e. The molecule has 0 heterocycles. The van der Waals surface area contributed by atoms with Crippen LogP contribution in [0.3, 0.4) is 0 Å². The molecule has 0 aromatic heterocycles. The van der Waals surface area contributed by atoms with Crippen LogP contribution in [0.5, 0.6) is 11.5 Å². The van der Waals surface area contributed by atoms with Crippen LogP contribution >= 0.6 is 0 Å². The highest BCUT2D eigenvalue weighted by Gasteiger charge is 2.26. The third kappa shape index (κ3) is 9.18. The Balaban J connectivity index is 2.88. The van der Waals surface area contributed by atoms with Gasteiger partial charge in [-0.05, 0) is 55.7 Å². The number of carboxylic acid groups (broad SMARTS) is 1. The number of hydrogen-bond acceptors (Lipinski definition) is 7. The van der Waals surface area contributed by atoms with Crippen LogP contribution in [0.15, 0.2) is 18.2 Å². The number of carbonyl (C=O) groups is 1. The van der Waals surface area contributed by atoms with E-state index in [-0.39, 0.29) is 18.9 Å². The van der Waals surface area contributed by atoms with Gasteiger partial charge < -0.3 is 25.4 Å². The van der Waals surface area contributed by atoms with Crippen molar-refractivity contribution in [3.8, 4) is 11.5 Å². The summed E-state index contributed by atoms with van der Waals surface area (Å²) in [6.07, 6.45) is 0.772. The van der Waals surface area contributed by atoms with Gasteiger partial charge in [0.1, 0.15) is 0 Å². The first-order chi connectivity index (χ1) is 15.0. The highest BCUT2D eigenvalue weighted by atomic mass is 32.2. The second kappa shape index (κ2) is 13.4. The Morgan fingerprint density at radius 2 is 1.81 bits per heavy atom. The number of carboxylic acids is 1. The van der Waals surface area contributed by atoms with E-state index in [0.29, 0.717) is 41.5 Å². The molecular weight excluding hydrogens is 434 g/mol. The van der Waals surface area contributed by atoms with E-state index in [4.69, 9.17) is 20.3 Å². The maximum Gasteiger partial charge on any atom is 0.306 e. The van der Waals surface area contributed by atoms with Crippen molar-refractivity contribution in [1.29, 1.82) is 0 Å². The minimum Gasteiger partial charge on any atom is -0.493 e. The Morgan fingerprint density at radius 3 is 2.34 bits per heavy atom. The number of ether oxygens (including phenoxy) is 2. The van der Waals surface area contributed by atoms with Gasteiger partial charge in [-0.15, -0.1) is 0 Å². The van der Waals surface area contributed by atoms with E-state index in [1.165, 1.54) is 0 Å². The number of methoxy groups -OCH3 is 1. The van der Waals surface area contributed by atoms with E-state index >= 15 is 0 Å². The summed E-state index contributed by atoms with van der Waals surface area (Å²) in [5.41, 5.74) is 7.22. The number of aliphatic hydroxyl groups excluding tert-OH is 1. The zero-order valence-electron chi connectivity index (χ0n) is 19.6. The van der Waals surface area contributed by atoms with Gasteiger partial charge in [0.25, 0.3) is 0 Å². The van der Waals surface area contributed by atoms with E-state index in [9.17, 15) is 18.3 Å². The van der Waals surface area contributed by atoms with Gasteiger partial charge in [-0.3, -0.25) is 4.79 Å². The molecule has 4 atom stereocenters. The van der Waals surface area contributed by atoms with Crippen LogP contribution in [0.1, 0.15) is 52.5 Å². The Hall–Kier alpha value is -2.10. The van der Waals surface area contributed by atoms with Gasteiger partial charge in [-0.25, -0.2) is 0 Å². The van der Waals surface area contributed by atoms with E-state index in [0.717, 1.165) is 5.56 Å². The molecule has 1 rings (SSSR count). The van der Waals surface area contributed by atoms with E-state index in [1.807, 2.05) is 18.2 Å². The molecule has 32 heavy (non-hydrogen) atoms. The fourth-order valence-corrected chi connectivity index (χ4v) is 3.64. The second-order valence-electron chi connectivity index (χ2n) is 8.67. The molecule has 0 amide bonds. The van der Waals surface area contributed by atoms with Crippen molar-refractivity contribution >= 4 is 21.1 Å². The fraction of sp³-hybridized carbons (Fsp3) is 0.652. The number of aliphatic carboxylic acids is 1. The van der Waals surface area contributed by atoms with Gasteiger partial charge in [0, 0.05) is 17.3 Å². The standard InChI is InChI=1S/C23H37NO7S/c1-14(2)18(13-19(24)20(25)10-15(3)23(26)27)11-17-6-7-21(30-5)22(12-17)31-9-8-16(4)32(28)29/h6-7,12,14-15,18-20,25H,8-11,13,24H2,1-5H3,(H,26,27)/t15-,18+,19+,20+/m1/s1. The van der Waals surface area contributed by atoms with Crippen LogP contribution in [-0.4, -0.2) is 55.3 Å². The molecule has 0 radical (unpaired) electrons. The number of aliphatic hydroxyl groups is 1. The topological polar surface area (TPSA) is 136 Å². The molecule has 0 saturated carbocycles. The molecule has 1 aromatic carbocycles. The van der Waals surface area contributed by atoms with Crippen LogP contribution in [0.4, 0.5) is 0 Å². The van der Waals surface area contributed by atoms with Crippen molar-refractivity contribution in [2.24, 2.45) is 23.5 Å². The molecule has 0 aliphatic heterocycles. The minimum absolute atomic E-state index is 0.117. The summed E-state index contributed by atoms with van der Waals surface area (Å²) in [5, 5.41) is 19.4. The largest absolute Gasteiger partial charge is 0.493 e. The van der Waals surface area contributed by atoms with E-state index < -0.39 is 34.3 Å². The van der Waals surface area contributed by atoms with Gasteiger partial charge >= 0.3 is 5.97 Å². The van der Waals surface area contributed by atoms with Gasteiger partial charge in [0.2, 0.25) is 10.3 Å². The highest BCUT2D eigenvalue weighted by Crippen LogP contribution is 2.31. The van der Waals surface area contributed by atoms with Crippen LogP contribution in [-0.2, 0) is 21.5 Å². The molecule has 1 aromatic rings. The monoisotopic (exact) mass is 471 g/mol. The lowest BCUT2D eigenvalue weighted by Crippen LogP contribution is -2.39. The predicted molar refractivity (Wildman–Crippen MR) is 125 cm³/mol. The number of nitrogens with two attached hydrogens (primary N) is 1. The molecule has 0 aliphatic carbocycles. The van der Waals surface area contributed by atoms with E-state index in [2.05, 4.69) is 13.8 Å². The molecule has 0 unspecified atom stereocenters. The first-order valence-electron chi connectivity index (χ1n) is 10.8. The van der Waals surface area contributed by atoms with Crippen LogP contribution < -0.4 is 15.2 Å². The van der Waals surface area contributed by atoms with Crippen molar-refractivity contribution in [3.63, 3.8) is 0 Å². The summed E-state index contributed by atoms with van der Waals surface area (Å²) in [5.74, 6) is -0.0472. The lowest BCUT2D eigenvalue weighted by molar-refractivity contribution is -0.142. The van der Waals surface area contributed by atoms with Crippen molar-refractivity contribution in [1.82, 2.24) is 0 Å². The lowest BCUT2D eigenvalue weighted by Gasteiger charge is -2.28. The third-order valence-electron chi connectivity index (χ3n) is 5.75. The Morgan fingerprint density at radius 1 is 1.16 bits per heavy atom. The summed E-state index contributed by atoms with van der Waals surface area (Å²) < 4.78 is 33.0. The summed E-state index contributed by atoms with van der Waals surface area (Å²) in [4.78, 5) is 11.4. The molecule has 0 saturated heterocycles. The zero-order valence-corrected chi connectivity index (χ0v) is 20.4. The molecule has 0 fully saturated rings. The van der Waals surface area contributed by atoms with Crippen molar-refractivity contribution in [2.75, 3.05) is 13.7 Å². The van der Waals surface area contributed by atoms with Gasteiger partial charge in [-0.1, -0.05) is 26.8 Å². The predicted octanol–water partition coefficient (Wildman–Crippen LogP) is 2.54.